The number of nitriles is 1. The molecule has 0 amide bonds. The van der Waals surface area contributed by atoms with Crippen molar-refractivity contribution >= 4 is 28.4 Å². The highest BCUT2D eigenvalue weighted by Gasteiger charge is 2.16. The van der Waals surface area contributed by atoms with E-state index in [9.17, 15) is 4.79 Å². The summed E-state index contributed by atoms with van der Waals surface area (Å²) in [6.07, 6.45) is 5.87. The van der Waals surface area contributed by atoms with Crippen LogP contribution in [-0.2, 0) is 6.54 Å². The number of aromatic nitrogens is 3. The lowest BCUT2D eigenvalue weighted by Gasteiger charge is -2.08. The largest absolute Gasteiger partial charge is 0.497 e. The number of Topliss-reactive ketones (excluding diaryl/α,β-unsaturated/α-hetero) is 1. The molecule has 0 spiro atoms. The molecule has 0 radical (unpaired) electrons. The summed E-state index contributed by atoms with van der Waals surface area (Å²) < 4.78 is 9.14. The fraction of sp³-hybridized carbons (Fsp3) is 0.174. The first kappa shape index (κ1) is 19.8. The maximum absolute atomic E-state index is 13.0. The van der Waals surface area contributed by atoms with Gasteiger partial charge in [0.1, 0.15) is 5.75 Å². The van der Waals surface area contributed by atoms with Crippen LogP contribution in [0, 0.1) is 11.3 Å². The third-order valence-corrected chi connectivity index (χ3v) is 5.81. The Morgan fingerprint density at radius 3 is 2.77 bits per heavy atom. The van der Waals surface area contributed by atoms with Gasteiger partial charge in [-0.3, -0.25) is 9.36 Å². The standard InChI is InChI=1S/C23H20N4O2S/c1-29-18-9-7-17(8-10-18)27-14-12-25-23(27)30-16-22(28)20-15-26(13-4-11-24)21-6-3-2-5-19(20)21/h2-3,5-10,12,14-15H,4,13,16H2,1H3. The minimum atomic E-state index is 0.0381. The second kappa shape index (κ2) is 8.89. The van der Waals surface area contributed by atoms with Crippen LogP contribution in [0.15, 0.2) is 72.3 Å². The van der Waals surface area contributed by atoms with Gasteiger partial charge >= 0.3 is 0 Å². The second-order valence-corrected chi connectivity index (χ2v) is 7.59. The van der Waals surface area contributed by atoms with Crippen LogP contribution in [0.25, 0.3) is 16.6 Å². The molecule has 4 rings (SSSR count). The van der Waals surface area contributed by atoms with E-state index in [1.54, 1.807) is 13.3 Å². The number of methoxy groups -OCH3 is 1. The Kier molecular flexibility index (Phi) is 5.87. The molecule has 0 bridgehead atoms. The fourth-order valence-corrected chi connectivity index (χ4v) is 4.22. The topological polar surface area (TPSA) is 72.8 Å². The molecule has 30 heavy (non-hydrogen) atoms. The summed E-state index contributed by atoms with van der Waals surface area (Å²) in [4.78, 5) is 17.4. The van der Waals surface area contributed by atoms with Gasteiger partial charge in [0.2, 0.25) is 0 Å². The van der Waals surface area contributed by atoms with Crippen LogP contribution >= 0.6 is 11.8 Å². The van der Waals surface area contributed by atoms with Crippen molar-refractivity contribution in [3.8, 4) is 17.5 Å². The number of thioether (sulfide) groups is 1. The van der Waals surface area contributed by atoms with Gasteiger partial charge in [0, 0.05) is 47.3 Å². The number of fused-ring (bicyclic) bond motifs is 1. The number of nitrogens with zero attached hydrogens (tertiary/aromatic N) is 4. The molecule has 150 valence electrons. The lowest BCUT2D eigenvalue weighted by atomic mass is 10.1. The van der Waals surface area contributed by atoms with Crippen molar-refractivity contribution in [1.29, 1.82) is 5.26 Å². The predicted octanol–water partition coefficient (Wildman–Crippen LogP) is 4.72. The molecule has 7 heteroatoms. The van der Waals surface area contributed by atoms with Crippen LogP contribution < -0.4 is 4.74 Å². The van der Waals surface area contributed by atoms with Crippen LogP contribution in [0.5, 0.6) is 5.75 Å². The minimum absolute atomic E-state index is 0.0381. The highest BCUT2D eigenvalue weighted by atomic mass is 32.2. The van der Waals surface area contributed by atoms with Gasteiger partial charge in [-0.25, -0.2) is 4.98 Å². The summed E-state index contributed by atoms with van der Waals surface area (Å²) in [5, 5.41) is 10.6. The molecule has 0 aliphatic rings. The predicted molar refractivity (Wildman–Crippen MR) is 117 cm³/mol. The zero-order chi connectivity index (χ0) is 20.9. The van der Waals surface area contributed by atoms with Crippen molar-refractivity contribution in [1.82, 2.24) is 14.1 Å². The van der Waals surface area contributed by atoms with Crippen molar-refractivity contribution in [3.05, 3.63) is 72.7 Å². The van der Waals surface area contributed by atoms with Gasteiger partial charge in [0.25, 0.3) is 0 Å². The molecule has 0 saturated heterocycles. The number of ketones is 1. The van der Waals surface area contributed by atoms with E-state index in [2.05, 4.69) is 11.1 Å². The summed E-state index contributed by atoms with van der Waals surface area (Å²) in [5.74, 6) is 1.10. The van der Waals surface area contributed by atoms with Crippen molar-refractivity contribution in [3.63, 3.8) is 0 Å². The normalized spacial score (nSPS) is 10.8. The van der Waals surface area contributed by atoms with Crippen LogP contribution in [0.2, 0.25) is 0 Å². The van der Waals surface area contributed by atoms with Crippen molar-refractivity contribution < 1.29 is 9.53 Å². The van der Waals surface area contributed by atoms with Crippen molar-refractivity contribution in [2.24, 2.45) is 0 Å². The van der Waals surface area contributed by atoms with E-state index in [0.717, 1.165) is 27.5 Å². The molecule has 0 saturated carbocycles. The summed E-state index contributed by atoms with van der Waals surface area (Å²) in [5.41, 5.74) is 2.61. The number of aryl methyl sites for hydroxylation is 1. The summed E-state index contributed by atoms with van der Waals surface area (Å²) in [6.45, 7) is 0.569. The van der Waals surface area contributed by atoms with E-state index in [4.69, 9.17) is 10.00 Å². The van der Waals surface area contributed by atoms with Gasteiger partial charge in [-0.2, -0.15) is 5.26 Å². The molecule has 2 aromatic heterocycles. The zero-order valence-electron chi connectivity index (χ0n) is 16.5. The second-order valence-electron chi connectivity index (χ2n) is 6.65. The maximum atomic E-state index is 13.0. The number of hydrogen-bond donors (Lipinski definition) is 0. The summed E-state index contributed by atoms with van der Waals surface area (Å²) in [7, 11) is 1.64. The number of rotatable bonds is 8. The number of carbonyl (C=O) groups excluding carboxylic acids is 1. The Morgan fingerprint density at radius 1 is 1.20 bits per heavy atom. The van der Waals surface area contributed by atoms with Gasteiger partial charge in [-0.15, -0.1) is 0 Å². The first-order valence-corrected chi connectivity index (χ1v) is 10.5. The van der Waals surface area contributed by atoms with E-state index in [1.807, 2.05) is 70.1 Å². The molecule has 0 aliphatic carbocycles. The number of imidazole rings is 1. The van der Waals surface area contributed by atoms with E-state index < -0.39 is 0 Å². The average Bonchev–Trinajstić information content (AvgIpc) is 3.41. The molecule has 0 N–H and O–H groups in total. The van der Waals surface area contributed by atoms with E-state index in [-0.39, 0.29) is 11.5 Å². The third-order valence-electron chi connectivity index (χ3n) is 4.84. The van der Waals surface area contributed by atoms with Gasteiger partial charge < -0.3 is 9.30 Å². The van der Waals surface area contributed by atoms with Crippen molar-refractivity contribution in [2.75, 3.05) is 12.9 Å². The molecule has 0 unspecified atom stereocenters. The minimum Gasteiger partial charge on any atom is -0.497 e. The molecular weight excluding hydrogens is 396 g/mol. The Morgan fingerprint density at radius 2 is 2.00 bits per heavy atom. The lowest BCUT2D eigenvalue weighted by molar-refractivity contribution is 0.102. The average molecular weight is 417 g/mol. The molecule has 4 aromatic rings. The van der Waals surface area contributed by atoms with E-state index >= 15 is 0 Å². The smallest absolute Gasteiger partial charge is 0.175 e. The Labute approximate surface area is 178 Å². The first-order chi connectivity index (χ1) is 14.7. The quantitative estimate of drug-likeness (QED) is 0.307. The Balaban J connectivity index is 1.54. The highest BCUT2D eigenvalue weighted by Crippen LogP contribution is 2.26. The first-order valence-electron chi connectivity index (χ1n) is 9.50. The lowest BCUT2D eigenvalue weighted by Crippen LogP contribution is -2.04. The molecule has 0 fully saturated rings. The SMILES string of the molecule is COc1ccc(-n2ccnc2SCC(=O)c2cn(CCC#N)c3ccccc23)cc1. The Bertz CT molecular complexity index is 1220. The maximum Gasteiger partial charge on any atom is 0.175 e. The molecule has 2 heterocycles. The molecular formula is C23H20N4O2S. The molecule has 0 aliphatic heterocycles. The van der Waals surface area contributed by atoms with Crippen LogP contribution in [0.1, 0.15) is 16.8 Å². The zero-order valence-corrected chi connectivity index (χ0v) is 17.3. The number of benzene rings is 2. The molecule has 2 aromatic carbocycles. The monoisotopic (exact) mass is 416 g/mol. The van der Waals surface area contributed by atoms with Gasteiger partial charge in [-0.05, 0) is 30.3 Å². The van der Waals surface area contributed by atoms with E-state index in [1.165, 1.54) is 11.8 Å². The molecule has 0 atom stereocenters. The highest BCUT2D eigenvalue weighted by molar-refractivity contribution is 7.99. The molecule has 6 nitrogen and oxygen atoms in total. The van der Waals surface area contributed by atoms with Crippen LogP contribution in [0.3, 0.4) is 0 Å². The summed E-state index contributed by atoms with van der Waals surface area (Å²) in [6, 6.07) is 17.7. The van der Waals surface area contributed by atoms with Crippen LogP contribution in [0.4, 0.5) is 0 Å². The third kappa shape index (κ3) is 3.95. The Hall–Kier alpha value is -3.50. The van der Waals surface area contributed by atoms with Crippen molar-refractivity contribution in [2.45, 2.75) is 18.1 Å². The summed E-state index contributed by atoms with van der Waals surface area (Å²) >= 11 is 1.41. The van der Waals surface area contributed by atoms with Gasteiger partial charge in [-0.1, -0.05) is 30.0 Å². The number of carbonyl (C=O) groups is 1. The van der Waals surface area contributed by atoms with Crippen LogP contribution in [-0.4, -0.2) is 32.8 Å². The van der Waals surface area contributed by atoms with E-state index in [0.29, 0.717) is 18.5 Å². The van der Waals surface area contributed by atoms with Gasteiger partial charge in [0.15, 0.2) is 10.9 Å². The number of para-hydroxylation sites is 1. The van der Waals surface area contributed by atoms with Gasteiger partial charge in [0.05, 0.1) is 25.4 Å². The fourth-order valence-electron chi connectivity index (χ4n) is 3.37. The number of hydrogen-bond acceptors (Lipinski definition) is 5. The number of ether oxygens (including phenoxy) is 1.